The molecule has 0 atom stereocenters. The maximum atomic E-state index is 12.0. The summed E-state index contributed by atoms with van der Waals surface area (Å²) in [7, 11) is 3.52. The van der Waals surface area contributed by atoms with Crippen molar-refractivity contribution in [2.75, 3.05) is 32.1 Å². The van der Waals surface area contributed by atoms with Crippen molar-refractivity contribution < 1.29 is 4.79 Å². The fraction of sp³-hybridized carbons (Fsp3) is 0.478. The van der Waals surface area contributed by atoms with Crippen LogP contribution in [0.2, 0.25) is 0 Å². The third kappa shape index (κ3) is 4.88. The molecule has 0 saturated carbocycles. The molecule has 3 rings (SSSR count). The molecular formula is C23H31N3O. The number of amides is 1. The first kappa shape index (κ1) is 19.4. The van der Waals surface area contributed by atoms with E-state index in [1.165, 1.54) is 24.0 Å². The minimum Gasteiger partial charge on any atom is -0.357 e. The van der Waals surface area contributed by atoms with E-state index >= 15 is 0 Å². The highest BCUT2D eigenvalue weighted by Crippen LogP contribution is 2.25. The number of benzene rings is 1. The first-order chi connectivity index (χ1) is 12.9. The molecule has 4 nitrogen and oxygen atoms in total. The summed E-state index contributed by atoms with van der Waals surface area (Å²) in [6, 6.07) is 13.0. The van der Waals surface area contributed by atoms with E-state index in [1.54, 1.807) is 25.2 Å². The van der Waals surface area contributed by atoms with Crippen LogP contribution in [-0.4, -0.2) is 43.0 Å². The molecule has 1 aromatic heterocycles. The first-order valence-electron chi connectivity index (χ1n) is 9.95. The maximum Gasteiger partial charge on any atom is 0.254 e. The second-order valence-corrected chi connectivity index (χ2v) is 8.14. The van der Waals surface area contributed by atoms with E-state index in [0.717, 1.165) is 31.2 Å². The number of carbonyl (C=O) groups is 1. The van der Waals surface area contributed by atoms with Crippen molar-refractivity contribution >= 4 is 11.7 Å². The minimum absolute atomic E-state index is 0.00348. The Morgan fingerprint density at radius 3 is 2.30 bits per heavy atom. The van der Waals surface area contributed by atoms with Crippen molar-refractivity contribution in [3.63, 3.8) is 0 Å². The van der Waals surface area contributed by atoms with Crippen molar-refractivity contribution in [3.05, 3.63) is 59.3 Å². The zero-order chi connectivity index (χ0) is 19.4. The number of anilines is 1. The average Bonchev–Trinajstić information content (AvgIpc) is 2.68. The molecule has 27 heavy (non-hydrogen) atoms. The minimum atomic E-state index is -0.00348. The number of aromatic nitrogens is 1. The van der Waals surface area contributed by atoms with Gasteiger partial charge >= 0.3 is 0 Å². The largest absolute Gasteiger partial charge is 0.357 e. The Morgan fingerprint density at radius 1 is 1.11 bits per heavy atom. The van der Waals surface area contributed by atoms with Crippen LogP contribution < -0.4 is 4.90 Å². The highest BCUT2D eigenvalue weighted by Gasteiger charge is 2.21. The van der Waals surface area contributed by atoms with Crippen LogP contribution in [-0.2, 0) is 6.42 Å². The molecule has 1 saturated heterocycles. The van der Waals surface area contributed by atoms with Crippen LogP contribution >= 0.6 is 0 Å². The van der Waals surface area contributed by atoms with Crippen molar-refractivity contribution in [2.24, 2.45) is 5.92 Å². The Kier molecular flexibility index (Phi) is 6.15. The van der Waals surface area contributed by atoms with Crippen LogP contribution in [0, 0.1) is 5.92 Å². The smallest absolute Gasteiger partial charge is 0.254 e. The molecule has 2 aromatic rings. The molecule has 1 fully saturated rings. The third-order valence-electron chi connectivity index (χ3n) is 5.51. The fourth-order valence-corrected chi connectivity index (χ4v) is 3.70. The van der Waals surface area contributed by atoms with E-state index in [9.17, 15) is 4.79 Å². The number of piperidine rings is 1. The predicted molar refractivity (Wildman–Crippen MR) is 111 cm³/mol. The van der Waals surface area contributed by atoms with Gasteiger partial charge in [-0.1, -0.05) is 38.1 Å². The zero-order valence-electron chi connectivity index (χ0n) is 17.0. The van der Waals surface area contributed by atoms with E-state index in [-0.39, 0.29) is 5.91 Å². The Balaban J connectivity index is 1.53. The summed E-state index contributed by atoms with van der Waals surface area (Å²) in [6.45, 7) is 6.54. The van der Waals surface area contributed by atoms with Crippen molar-refractivity contribution in [1.29, 1.82) is 0 Å². The molecule has 0 bridgehead atoms. The molecule has 0 N–H and O–H groups in total. The maximum absolute atomic E-state index is 12.0. The van der Waals surface area contributed by atoms with Gasteiger partial charge in [-0.05, 0) is 54.4 Å². The lowest BCUT2D eigenvalue weighted by molar-refractivity contribution is 0.0827. The van der Waals surface area contributed by atoms with Crippen LogP contribution in [0.5, 0.6) is 0 Å². The number of nitrogens with zero attached hydrogens (tertiary/aromatic N) is 3. The Morgan fingerprint density at radius 2 is 1.78 bits per heavy atom. The van der Waals surface area contributed by atoms with Crippen molar-refractivity contribution in [2.45, 2.75) is 39.0 Å². The summed E-state index contributed by atoms with van der Waals surface area (Å²) in [6.07, 6.45) is 5.23. The summed E-state index contributed by atoms with van der Waals surface area (Å²) in [5.74, 6) is 2.30. The van der Waals surface area contributed by atoms with E-state index < -0.39 is 0 Å². The second-order valence-electron chi connectivity index (χ2n) is 8.14. The van der Waals surface area contributed by atoms with E-state index in [1.807, 2.05) is 12.1 Å². The van der Waals surface area contributed by atoms with Crippen LogP contribution in [0.25, 0.3) is 0 Å². The number of carbonyl (C=O) groups excluding carboxylic acids is 1. The van der Waals surface area contributed by atoms with E-state index in [0.29, 0.717) is 11.5 Å². The van der Waals surface area contributed by atoms with Crippen LogP contribution in [0.15, 0.2) is 42.6 Å². The second kappa shape index (κ2) is 8.55. The third-order valence-corrected chi connectivity index (χ3v) is 5.51. The van der Waals surface area contributed by atoms with Crippen LogP contribution in [0.4, 0.5) is 5.82 Å². The van der Waals surface area contributed by atoms with Gasteiger partial charge in [-0.3, -0.25) is 4.79 Å². The summed E-state index contributed by atoms with van der Waals surface area (Å²) in [4.78, 5) is 20.4. The molecule has 4 heteroatoms. The van der Waals surface area contributed by atoms with Gasteiger partial charge in [-0.15, -0.1) is 0 Å². The number of hydrogen-bond donors (Lipinski definition) is 0. The number of pyridine rings is 1. The van der Waals surface area contributed by atoms with Gasteiger partial charge in [0.2, 0.25) is 0 Å². The predicted octanol–water partition coefficient (Wildman–Crippen LogP) is 4.37. The lowest BCUT2D eigenvalue weighted by atomic mass is 9.89. The molecule has 1 aromatic carbocycles. The molecule has 0 radical (unpaired) electrons. The normalized spacial score (nSPS) is 15.2. The molecule has 1 amide bonds. The van der Waals surface area contributed by atoms with Crippen molar-refractivity contribution in [3.8, 4) is 0 Å². The van der Waals surface area contributed by atoms with Gasteiger partial charge in [0.25, 0.3) is 5.91 Å². The summed E-state index contributed by atoms with van der Waals surface area (Å²) >= 11 is 0. The molecule has 1 aliphatic heterocycles. The number of rotatable bonds is 5. The molecule has 0 spiro atoms. The highest BCUT2D eigenvalue weighted by molar-refractivity contribution is 5.93. The van der Waals surface area contributed by atoms with Gasteiger partial charge in [-0.25, -0.2) is 4.98 Å². The highest BCUT2D eigenvalue weighted by atomic mass is 16.2. The zero-order valence-corrected chi connectivity index (χ0v) is 17.0. The van der Waals surface area contributed by atoms with Gasteiger partial charge in [0.15, 0.2) is 0 Å². The van der Waals surface area contributed by atoms with Gasteiger partial charge < -0.3 is 9.80 Å². The average molecular weight is 366 g/mol. The summed E-state index contributed by atoms with van der Waals surface area (Å²) in [5, 5.41) is 0. The Labute approximate surface area is 163 Å². The Hall–Kier alpha value is -2.36. The van der Waals surface area contributed by atoms with E-state index in [2.05, 4.69) is 48.0 Å². The monoisotopic (exact) mass is 365 g/mol. The molecule has 2 heterocycles. The van der Waals surface area contributed by atoms with Gasteiger partial charge in [-0.2, -0.15) is 0 Å². The molecule has 0 aliphatic carbocycles. The van der Waals surface area contributed by atoms with Gasteiger partial charge in [0, 0.05) is 33.4 Å². The summed E-state index contributed by atoms with van der Waals surface area (Å²) < 4.78 is 0. The van der Waals surface area contributed by atoms with E-state index in [4.69, 9.17) is 0 Å². The SMILES string of the molecule is CC(C)c1ccc(CC2CCN(c3ccc(C(=O)N(C)C)cn3)CC2)cc1. The number of hydrogen-bond acceptors (Lipinski definition) is 3. The van der Waals surface area contributed by atoms with Crippen molar-refractivity contribution in [1.82, 2.24) is 9.88 Å². The van der Waals surface area contributed by atoms with Gasteiger partial charge in [0.05, 0.1) is 5.56 Å². The van der Waals surface area contributed by atoms with Gasteiger partial charge in [0.1, 0.15) is 5.82 Å². The standard InChI is InChI=1S/C23H31N3O/c1-17(2)20-7-5-18(6-8-20)15-19-11-13-26(14-12-19)22-10-9-21(16-24-22)23(27)25(3)4/h5-10,16-17,19H,11-15H2,1-4H3. The van der Waals surface area contributed by atoms with Crippen LogP contribution in [0.3, 0.4) is 0 Å². The topological polar surface area (TPSA) is 36.4 Å². The Bertz CT molecular complexity index is 742. The fourth-order valence-electron chi connectivity index (χ4n) is 3.70. The van der Waals surface area contributed by atoms with Crippen LogP contribution in [0.1, 0.15) is 54.1 Å². The quantitative estimate of drug-likeness (QED) is 0.790. The molecule has 0 unspecified atom stereocenters. The summed E-state index contributed by atoms with van der Waals surface area (Å²) in [5.41, 5.74) is 3.50. The molecule has 1 aliphatic rings. The lowest BCUT2D eigenvalue weighted by Gasteiger charge is -2.33. The lowest BCUT2D eigenvalue weighted by Crippen LogP contribution is -2.35. The molecular weight excluding hydrogens is 334 g/mol. The molecule has 144 valence electrons. The first-order valence-corrected chi connectivity index (χ1v) is 9.95.